The van der Waals surface area contributed by atoms with E-state index in [9.17, 15) is 9.59 Å². The minimum Gasteiger partial charge on any atom is -0.450 e. The summed E-state index contributed by atoms with van der Waals surface area (Å²) in [6.45, 7) is 1.14. The van der Waals surface area contributed by atoms with Gasteiger partial charge in [-0.3, -0.25) is 9.59 Å². The fraction of sp³-hybridized carbons (Fsp3) is 0.467. The number of halogens is 1. The number of hydroxylamine groups is 2. The third-order valence-corrected chi connectivity index (χ3v) is 4.49. The number of hydrogen-bond donors (Lipinski definition) is 0. The molecule has 0 saturated carbocycles. The highest BCUT2D eigenvalue weighted by molar-refractivity contribution is 6.30. The van der Waals surface area contributed by atoms with Crippen molar-refractivity contribution in [3.8, 4) is 0 Å². The Morgan fingerprint density at radius 3 is 2.43 bits per heavy atom. The van der Waals surface area contributed by atoms with Gasteiger partial charge in [0, 0.05) is 31.0 Å². The molecule has 5 nitrogen and oxygen atoms in total. The first-order chi connectivity index (χ1) is 10.1. The molecule has 1 atom stereocenters. The molecule has 2 aliphatic heterocycles. The van der Waals surface area contributed by atoms with Crippen LogP contribution in [0.15, 0.2) is 24.3 Å². The maximum atomic E-state index is 12.7. The van der Waals surface area contributed by atoms with Crippen LogP contribution in [-0.4, -0.2) is 42.6 Å². The Morgan fingerprint density at radius 2 is 1.86 bits per heavy atom. The predicted octanol–water partition coefficient (Wildman–Crippen LogP) is 1.95. The van der Waals surface area contributed by atoms with Crippen molar-refractivity contribution in [3.63, 3.8) is 0 Å². The SMILES string of the molecule is CON1CCC2(CC1)OC(=O)C(c1ccc(Cl)cc1)C2=O. The van der Waals surface area contributed by atoms with Gasteiger partial charge in [-0.2, -0.15) is 5.06 Å². The Labute approximate surface area is 127 Å². The molecule has 0 N–H and O–H groups in total. The Balaban J connectivity index is 1.84. The van der Waals surface area contributed by atoms with Crippen molar-refractivity contribution < 1.29 is 19.2 Å². The highest BCUT2D eigenvalue weighted by Crippen LogP contribution is 2.40. The number of piperidine rings is 1. The van der Waals surface area contributed by atoms with E-state index in [1.807, 2.05) is 0 Å². The monoisotopic (exact) mass is 309 g/mol. The molecule has 6 heteroatoms. The van der Waals surface area contributed by atoms with E-state index in [1.54, 1.807) is 36.4 Å². The molecule has 3 rings (SSSR count). The van der Waals surface area contributed by atoms with Gasteiger partial charge in [0.1, 0.15) is 5.92 Å². The van der Waals surface area contributed by atoms with Gasteiger partial charge in [0.2, 0.25) is 0 Å². The van der Waals surface area contributed by atoms with Crippen LogP contribution in [-0.2, 0) is 19.2 Å². The smallest absolute Gasteiger partial charge is 0.322 e. The summed E-state index contributed by atoms with van der Waals surface area (Å²) in [5, 5.41) is 2.34. The number of carbonyl (C=O) groups is 2. The molecule has 21 heavy (non-hydrogen) atoms. The van der Waals surface area contributed by atoms with Crippen molar-refractivity contribution in [1.29, 1.82) is 0 Å². The second-order valence-electron chi connectivity index (χ2n) is 5.38. The lowest BCUT2D eigenvalue weighted by Crippen LogP contribution is -2.48. The van der Waals surface area contributed by atoms with Crippen LogP contribution in [0, 0.1) is 0 Å². The van der Waals surface area contributed by atoms with E-state index in [1.165, 1.54) is 0 Å². The van der Waals surface area contributed by atoms with Crippen molar-refractivity contribution in [2.75, 3.05) is 20.2 Å². The maximum Gasteiger partial charge on any atom is 0.322 e. The third kappa shape index (κ3) is 2.46. The second kappa shape index (κ2) is 5.40. The van der Waals surface area contributed by atoms with Gasteiger partial charge in [0.05, 0.1) is 7.11 Å². The number of rotatable bonds is 2. The van der Waals surface area contributed by atoms with E-state index < -0.39 is 17.5 Å². The van der Waals surface area contributed by atoms with E-state index in [4.69, 9.17) is 21.2 Å². The van der Waals surface area contributed by atoms with Crippen LogP contribution < -0.4 is 0 Å². The molecule has 2 heterocycles. The molecule has 0 radical (unpaired) electrons. The summed E-state index contributed by atoms with van der Waals surface area (Å²) >= 11 is 5.84. The first kappa shape index (κ1) is 14.5. The van der Waals surface area contributed by atoms with E-state index in [0.29, 0.717) is 36.5 Å². The summed E-state index contributed by atoms with van der Waals surface area (Å²) in [7, 11) is 1.59. The normalized spacial score (nSPS) is 25.3. The molecule has 0 aromatic heterocycles. The third-order valence-electron chi connectivity index (χ3n) is 4.23. The van der Waals surface area contributed by atoms with Gasteiger partial charge in [-0.05, 0) is 17.7 Å². The minimum absolute atomic E-state index is 0.148. The molecule has 1 aromatic carbocycles. The van der Waals surface area contributed by atoms with Gasteiger partial charge in [0.15, 0.2) is 11.4 Å². The Bertz CT molecular complexity index is 564. The van der Waals surface area contributed by atoms with Crippen molar-refractivity contribution in [2.24, 2.45) is 0 Å². The molecular weight excluding hydrogens is 294 g/mol. The summed E-state index contributed by atoms with van der Waals surface area (Å²) in [4.78, 5) is 30.1. The molecule has 112 valence electrons. The van der Waals surface area contributed by atoms with Gasteiger partial charge >= 0.3 is 5.97 Å². The van der Waals surface area contributed by atoms with Crippen LogP contribution in [0.4, 0.5) is 0 Å². The van der Waals surface area contributed by atoms with Crippen molar-refractivity contribution in [2.45, 2.75) is 24.4 Å². The summed E-state index contributed by atoms with van der Waals surface area (Å²) in [5.41, 5.74) is -0.350. The van der Waals surface area contributed by atoms with Crippen LogP contribution in [0.3, 0.4) is 0 Å². The lowest BCUT2D eigenvalue weighted by molar-refractivity contribution is -0.184. The fourth-order valence-electron chi connectivity index (χ4n) is 2.99. The maximum absolute atomic E-state index is 12.7. The second-order valence-corrected chi connectivity index (χ2v) is 5.81. The van der Waals surface area contributed by atoms with Gasteiger partial charge in [0.25, 0.3) is 0 Å². The summed E-state index contributed by atoms with van der Waals surface area (Å²) < 4.78 is 5.49. The zero-order valence-electron chi connectivity index (χ0n) is 11.7. The minimum atomic E-state index is -0.990. The highest BCUT2D eigenvalue weighted by atomic mass is 35.5. The van der Waals surface area contributed by atoms with Crippen LogP contribution in [0.1, 0.15) is 24.3 Å². The standard InChI is InChI=1S/C15H16ClNO4/c1-20-17-8-6-15(7-9-17)13(18)12(14(19)21-15)10-2-4-11(16)5-3-10/h2-5,12H,6-9H2,1H3. The van der Waals surface area contributed by atoms with Crippen LogP contribution in [0.5, 0.6) is 0 Å². The van der Waals surface area contributed by atoms with Crippen molar-refractivity contribution in [3.05, 3.63) is 34.9 Å². The summed E-state index contributed by atoms with van der Waals surface area (Å²) in [6.07, 6.45) is 0.936. The van der Waals surface area contributed by atoms with Crippen molar-refractivity contribution in [1.82, 2.24) is 5.06 Å². The molecule has 2 aliphatic rings. The molecule has 2 saturated heterocycles. The van der Waals surface area contributed by atoms with Gasteiger partial charge in [-0.15, -0.1) is 0 Å². The fourth-order valence-corrected chi connectivity index (χ4v) is 3.12. The molecular formula is C15H16ClNO4. The zero-order chi connectivity index (χ0) is 15.0. The van der Waals surface area contributed by atoms with Gasteiger partial charge in [-0.1, -0.05) is 23.7 Å². The Kier molecular flexibility index (Phi) is 3.73. The molecule has 1 unspecified atom stereocenters. The zero-order valence-corrected chi connectivity index (χ0v) is 12.4. The Morgan fingerprint density at radius 1 is 1.24 bits per heavy atom. The topological polar surface area (TPSA) is 55.8 Å². The lowest BCUT2D eigenvalue weighted by Gasteiger charge is -2.35. The number of Topliss-reactive ketones (excluding diaryl/α,β-unsaturated/α-hetero) is 1. The van der Waals surface area contributed by atoms with E-state index in [2.05, 4.69) is 0 Å². The van der Waals surface area contributed by atoms with E-state index in [-0.39, 0.29) is 5.78 Å². The molecule has 0 bridgehead atoms. The number of carbonyl (C=O) groups excluding carboxylic acids is 2. The Hall–Kier alpha value is -1.43. The number of benzene rings is 1. The predicted molar refractivity (Wildman–Crippen MR) is 75.8 cm³/mol. The van der Waals surface area contributed by atoms with Crippen LogP contribution in [0.25, 0.3) is 0 Å². The average molecular weight is 310 g/mol. The van der Waals surface area contributed by atoms with E-state index in [0.717, 1.165) is 0 Å². The lowest BCUT2D eigenvalue weighted by atomic mass is 9.82. The quantitative estimate of drug-likeness (QED) is 0.617. The first-order valence-corrected chi connectivity index (χ1v) is 7.25. The highest BCUT2D eigenvalue weighted by Gasteiger charge is 2.56. The molecule has 2 fully saturated rings. The summed E-state index contributed by atoms with van der Waals surface area (Å²) in [5.74, 6) is -1.45. The van der Waals surface area contributed by atoms with Crippen molar-refractivity contribution >= 4 is 23.4 Å². The largest absolute Gasteiger partial charge is 0.450 e. The van der Waals surface area contributed by atoms with Gasteiger partial charge < -0.3 is 9.57 Å². The number of nitrogens with zero attached hydrogens (tertiary/aromatic N) is 1. The number of hydrogen-bond acceptors (Lipinski definition) is 5. The van der Waals surface area contributed by atoms with Crippen LogP contribution in [0.2, 0.25) is 5.02 Å². The molecule has 1 aromatic rings. The number of ketones is 1. The summed E-state index contributed by atoms with van der Waals surface area (Å²) in [6, 6.07) is 6.76. The first-order valence-electron chi connectivity index (χ1n) is 6.87. The average Bonchev–Trinajstić information content (AvgIpc) is 2.72. The van der Waals surface area contributed by atoms with Gasteiger partial charge in [-0.25, -0.2) is 0 Å². The number of esters is 1. The van der Waals surface area contributed by atoms with E-state index >= 15 is 0 Å². The molecule has 0 amide bonds. The number of ether oxygens (including phenoxy) is 1. The molecule has 1 spiro atoms. The molecule has 0 aliphatic carbocycles. The van der Waals surface area contributed by atoms with Crippen LogP contribution >= 0.6 is 11.6 Å².